The molecule has 18 heavy (non-hydrogen) atoms. The molecule has 0 atom stereocenters. The van der Waals surface area contributed by atoms with Crippen molar-refractivity contribution in [3.63, 3.8) is 0 Å². The summed E-state index contributed by atoms with van der Waals surface area (Å²) < 4.78 is 6.40. The Labute approximate surface area is 120 Å². The van der Waals surface area contributed by atoms with Gasteiger partial charge in [0.05, 0.1) is 14.3 Å². The lowest BCUT2D eigenvalue weighted by Gasteiger charge is -2.06. The Balaban J connectivity index is 2.20. The molecule has 2 rings (SSSR count). The number of nitro groups is 1. The third-order valence-corrected chi connectivity index (χ3v) is 3.74. The van der Waals surface area contributed by atoms with Crippen molar-refractivity contribution in [2.75, 3.05) is 0 Å². The minimum Gasteiger partial charge on any atom is -0.480 e. The van der Waals surface area contributed by atoms with Crippen LogP contribution < -0.4 is 4.74 Å². The third-order valence-electron chi connectivity index (χ3n) is 2.03. The van der Waals surface area contributed by atoms with Crippen LogP contribution in [0.3, 0.4) is 0 Å². The summed E-state index contributed by atoms with van der Waals surface area (Å²) in [6, 6.07) is 4.65. The highest BCUT2D eigenvalue weighted by Crippen LogP contribution is 2.35. The molecule has 0 aliphatic carbocycles. The van der Waals surface area contributed by atoms with Gasteiger partial charge in [0.15, 0.2) is 4.47 Å². The van der Waals surface area contributed by atoms with Crippen molar-refractivity contribution in [1.29, 1.82) is 0 Å². The summed E-state index contributed by atoms with van der Waals surface area (Å²) in [6.07, 6.45) is 1.58. The number of rotatable bonds is 4. The van der Waals surface area contributed by atoms with Gasteiger partial charge in [-0.1, -0.05) is 17.7 Å². The zero-order chi connectivity index (χ0) is 13.1. The second-order valence-electron chi connectivity index (χ2n) is 3.21. The molecular weight excluding hydrogens is 344 g/mol. The number of aromatic nitrogens is 1. The van der Waals surface area contributed by atoms with Crippen LogP contribution in [0.15, 0.2) is 28.9 Å². The zero-order valence-electron chi connectivity index (χ0n) is 8.80. The molecule has 94 valence electrons. The summed E-state index contributed by atoms with van der Waals surface area (Å²) in [7, 11) is 0. The second kappa shape index (κ2) is 5.64. The van der Waals surface area contributed by atoms with E-state index in [0.717, 1.165) is 4.88 Å². The third kappa shape index (κ3) is 2.98. The Morgan fingerprint density at radius 2 is 2.33 bits per heavy atom. The summed E-state index contributed by atoms with van der Waals surface area (Å²) in [4.78, 5) is 15.0. The van der Waals surface area contributed by atoms with Crippen molar-refractivity contribution in [1.82, 2.24) is 4.98 Å². The van der Waals surface area contributed by atoms with E-state index in [-0.39, 0.29) is 18.0 Å². The van der Waals surface area contributed by atoms with Gasteiger partial charge in [-0.15, -0.1) is 11.3 Å². The van der Waals surface area contributed by atoms with E-state index in [2.05, 4.69) is 20.9 Å². The van der Waals surface area contributed by atoms with Crippen LogP contribution >= 0.6 is 38.9 Å². The van der Waals surface area contributed by atoms with E-state index in [1.54, 1.807) is 18.3 Å². The van der Waals surface area contributed by atoms with E-state index in [0.29, 0.717) is 8.94 Å². The van der Waals surface area contributed by atoms with Gasteiger partial charge in [-0.05, 0) is 22.0 Å². The van der Waals surface area contributed by atoms with E-state index < -0.39 is 4.92 Å². The number of halogens is 2. The number of nitro benzene ring substituents is 1. The monoisotopic (exact) mass is 348 g/mol. The standard InChI is InChI=1S/C10H6BrClN2O3S/c11-7-2-1-3-8(14(15)16)9(7)17-5-6-4-13-10(12)18-6/h1-4H,5H2. The van der Waals surface area contributed by atoms with Crippen LogP contribution in [0.5, 0.6) is 5.75 Å². The molecule has 1 heterocycles. The smallest absolute Gasteiger partial charge is 0.312 e. The maximum absolute atomic E-state index is 10.9. The van der Waals surface area contributed by atoms with E-state index in [1.165, 1.54) is 17.4 Å². The van der Waals surface area contributed by atoms with Gasteiger partial charge >= 0.3 is 5.69 Å². The van der Waals surface area contributed by atoms with Gasteiger partial charge in [-0.2, -0.15) is 0 Å². The lowest BCUT2D eigenvalue weighted by Crippen LogP contribution is -1.98. The molecule has 0 radical (unpaired) electrons. The largest absolute Gasteiger partial charge is 0.480 e. The molecule has 5 nitrogen and oxygen atoms in total. The van der Waals surface area contributed by atoms with Crippen molar-refractivity contribution >= 4 is 44.6 Å². The maximum Gasteiger partial charge on any atom is 0.312 e. The minimum atomic E-state index is -0.486. The highest BCUT2D eigenvalue weighted by atomic mass is 79.9. The van der Waals surface area contributed by atoms with Crippen LogP contribution in [0.1, 0.15) is 4.88 Å². The molecule has 8 heteroatoms. The van der Waals surface area contributed by atoms with Gasteiger partial charge in [0.25, 0.3) is 0 Å². The number of benzene rings is 1. The maximum atomic E-state index is 10.9. The first-order chi connectivity index (χ1) is 8.58. The van der Waals surface area contributed by atoms with Gasteiger partial charge in [0.2, 0.25) is 5.75 Å². The molecule has 0 spiro atoms. The molecule has 0 bridgehead atoms. The van der Waals surface area contributed by atoms with Crippen molar-refractivity contribution < 1.29 is 9.66 Å². The Morgan fingerprint density at radius 1 is 1.56 bits per heavy atom. The topological polar surface area (TPSA) is 65.3 Å². The van der Waals surface area contributed by atoms with Gasteiger partial charge in [0, 0.05) is 12.3 Å². The lowest BCUT2D eigenvalue weighted by molar-refractivity contribution is -0.386. The van der Waals surface area contributed by atoms with Crippen LogP contribution in [-0.4, -0.2) is 9.91 Å². The Kier molecular flexibility index (Phi) is 4.15. The molecule has 0 amide bonds. The molecule has 1 aromatic heterocycles. The molecule has 0 aliphatic rings. The molecule has 2 aromatic rings. The van der Waals surface area contributed by atoms with Crippen molar-refractivity contribution in [2.45, 2.75) is 6.61 Å². The highest BCUT2D eigenvalue weighted by molar-refractivity contribution is 9.10. The first-order valence-electron chi connectivity index (χ1n) is 4.74. The molecular formula is C10H6BrClN2O3S. The normalized spacial score (nSPS) is 10.3. The Bertz CT molecular complexity index is 590. The van der Waals surface area contributed by atoms with E-state index in [1.807, 2.05) is 0 Å². The summed E-state index contributed by atoms with van der Waals surface area (Å²) in [5.74, 6) is 0.201. The second-order valence-corrected chi connectivity index (χ2v) is 5.77. The number of nitrogens with zero attached hydrogens (tertiary/aromatic N) is 2. The molecule has 0 aliphatic heterocycles. The number of hydrogen-bond donors (Lipinski definition) is 0. The fourth-order valence-corrected chi connectivity index (χ4v) is 2.64. The average Bonchev–Trinajstić information content (AvgIpc) is 2.73. The van der Waals surface area contributed by atoms with Crippen LogP contribution in [0.2, 0.25) is 4.47 Å². The van der Waals surface area contributed by atoms with Gasteiger partial charge in [-0.25, -0.2) is 4.98 Å². The molecule has 1 aromatic carbocycles. The summed E-state index contributed by atoms with van der Waals surface area (Å²) >= 11 is 10.2. The number of para-hydroxylation sites is 1. The molecule has 0 fully saturated rings. The van der Waals surface area contributed by atoms with Crippen LogP contribution in [0.25, 0.3) is 0 Å². The molecule has 0 N–H and O–H groups in total. The van der Waals surface area contributed by atoms with Crippen molar-refractivity contribution in [2.24, 2.45) is 0 Å². The van der Waals surface area contributed by atoms with Crippen molar-refractivity contribution in [3.8, 4) is 5.75 Å². The Morgan fingerprint density at radius 3 is 2.94 bits per heavy atom. The van der Waals surface area contributed by atoms with Crippen LogP contribution in [-0.2, 0) is 6.61 Å². The number of ether oxygens (including phenoxy) is 1. The molecule has 0 unspecified atom stereocenters. The number of hydrogen-bond acceptors (Lipinski definition) is 5. The summed E-state index contributed by atoms with van der Waals surface area (Å²) in [5.41, 5.74) is -0.0833. The summed E-state index contributed by atoms with van der Waals surface area (Å²) in [6.45, 7) is 0.188. The molecule has 0 saturated heterocycles. The first-order valence-corrected chi connectivity index (χ1v) is 6.72. The van der Waals surface area contributed by atoms with Gasteiger partial charge < -0.3 is 4.74 Å². The highest BCUT2D eigenvalue weighted by Gasteiger charge is 2.18. The average molecular weight is 350 g/mol. The Hall–Kier alpha value is -1.18. The zero-order valence-corrected chi connectivity index (χ0v) is 12.0. The number of thiazole rings is 1. The fraction of sp³-hybridized carbons (Fsp3) is 0.100. The van der Waals surface area contributed by atoms with E-state index >= 15 is 0 Å². The first kappa shape index (κ1) is 13.3. The van der Waals surface area contributed by atoms with Gasteiger partial charge in [0.1, 0.15) is 6.61 Å². The van der Waals surface area contributed by atoms with Crippen LogP contribution in [0, 0.1) is 10.1 Å². The predicted molar refractivity (Wildman–Crippen MR) is 72.3 cm³/mol. The van der Waals surface area contributed by atoms with Gasteiger partial charge in [-0.3, -0.25) is 10.1 Å². The predicted octanol–water partition coefficient (Wildman–Crippen LogP) is 4.05. The molecule has 0 saturated carbocycles. The van der Waals surface area contributed by atoms with Crippen molar-refractivity contribution in [3.05, 3.63) is 48.3 Å². The lowest BCUT2D eigenvalue weighted by atomic mass is 10.3. The van der Waals surface area contributed by atoms with E-state index in [9.17, 15) is 10.1 Å². The quantitative estimate of drug-likeness (QED) is 0.617. The van der Waals surface area contributed by atoms with E-state index in [4.69, 9.17) is 16.3 Å². The van der Waals surface area contributed by atoms with Crippen LogP contribution in [0.4, 0.5) is 5.69 Å². The fourth-order valence-electron chi connectivity index (χ4n) is 1.28. The SMILES string of the molecule is O=[N+]([O-])c1cccc(Br)c1OCc1cnc(Cl)s1. The minimum absolute atomic E-state index is 0.0833. The summed E-state index contributed by atoms with van der Waals surface area (Å²) in [5, 5.41) is 10.9.